The Hall–Kier alpha value is -2.58. The van der Waals surface area contributed by atoms with Gasteiger partial charge in [-0.15, -0.1) is 0 Å². The van der Waals surface area contributed by atoms with Gasteiger partial charge in [-0.2, -0.15) is 0 Å². The molecule has 3 aromatic carbocycles. The molecule has 0 aliphatic heterocycles. The summed E-state index contributed by atoms with van der Waals surface area (Å²) in [5.41, 5.74) is 2.93. The van der Waals surface area contributed by atoms with E-state index in [1.54, 1.807) is 24.3 Å². The molecule has 3 heteroatoms. The second-order valence-electron chi connectivity index (χ2n) is 5.92. The summed E-state index contributed by atoms with van der Waals surface area (Å²) in [5.74, 6) is 0.735. The number of carbonyl (C=O) groups excluding carboxylic acids is 1. The van der Waals surface area contributed by atoms with Crippen LogP contribution < -0.4 is 4.74 Å². The molecule has 3 aromatic rings. The molecule has 0 unspecified atom stereocenters. The van der Waals surface area contributed by atoms with Crippen molar-refractivity contribution in [3.8, 4) is 5.75 Å². The Balaban J connectivity index is 1.76. The minimum Gasteiger partial charge on any atom is -0.490 e. The number of hydrogen-bond acceptors (Lipinski definition) is 2. The number of benzene rings is 3. The number of carbonyl (C=O) groups is 1. The largest absolute Gasteiger partial charge is 0.490 e. The maximum Gasteiger partial charge on any atom is 0.252 e. The topological polar surface area (TPSA) is 26.3 Å². The maximum atomic E-state index is 11.2. The molecule has 0 aliphatic carbocycles. The van der Waals surface area contributed by atoms with Crippen molar-refractivity contribution < 1.29 is 9.53 Å². The van der Waals surface area contributed by atoms with Crippen LogP contribution in [0, 0.1) is 0 Å². The molecular weight excluding hydrogens is 332 g/mol. The molecule has 0 aliphatic rings. The SMILES string of the molecule is O=C(Cl)c1ccc(OC(Cc2ccccc2)Cc2ccccc2)cc1. The highest BCUT2D eigenvalue weighted by molar-refractivity contribution is 6.67. The predicted molar refractivity (Wildman–Crippen MR) is 101 cm³/mol. The minimum atomic E-state index is -0.461. The molecule has 0 atom stereocenters. The second kappa shape index (κ2) is 8.50. The average Bonchev–Trinajstić information content (AvgIpc) is 2.64. The van der Waals surface area contributed by atoms with E-state index in [9.17, 15) is 4.79 Å². The van der Waals surface area contributed by atoms with Gasteiger partial charge >= 0.3 is 0 Å². The number of hydrogen-bond donors (Lipinski definition) is 0. The zero-order chi connectivity index (χ0) is 17.5. The summed E-state index contributed by atoms with van der Waals surface area (Å²) in [5, 5.41) is -0.461. The van der Waals surface area contributed by atoms with Gasteiger partial charge in [-0.1, -0.05) is 60.7 Å². The molecule has 126 valence electrons. The van der Waals surface area contributed by atoms with E-state index in [0.29, 0.717) is 5.56 Å². The number of rotatable bonds is 7. The van der Waals surface area contributed by atoms with E-state index < -0.39 is 5.24 Å². The Kier molecular flexibility index (Phi) is 5.86. The first-order valence-corrected chi connectivity index (χ1v) is 8.63. The van der Waals surface area contributed by atoms with Crippen molar-refractivity contribution in [1.29, 1.82) is 0 Å². The molecule has 0 saturated heterocycles. The van der Waals surface area contributed by atoms with E-state index >= 15 is 0 Å². The van der Waals surface area contributed by atoms with Gasteiger partial charge in [0.05, 0.1) is 0 Å². The van der Waals surface area contributed by atoms with Crippen LogP contribution in [0.25, 0.3) is 0 Å². The van der Waals surface area contributed by atoms with Crippen LogP contribution in [0.2, 0.25) is 0 Å². The van der Waals surface area contributed by atoms with Gasteiger partial charge in [0.1, 0.15) is 11.9 Å². The van der Waals surface area contributed by atoms with Crippen LogP contribution >= 0.6 is 11.6 Å². The van der Waals surface area contributed by atoms with Gasteiger partial charge in [-0.05, 0) is 47.0 Å². The van der Waals surface area contributed by atoms with Gasteiger partial charge in [0.2, 0.25) is 0 Å². The Bertz CT molecular complexity index is 757. The lowest BCUT2D eigenvalue weighted by Gasteiger charge is -2.20. The monoisotopic (exact) mass is 350 g/mol. The van der Waals surface area contributed by atoms with Crippen LogP contribution in [-0.4, -0.2) is 11.3 Å². The van der Waals surface area contributed by atoms with Crippen molar-refractivity contribution in [2.45, 2.75) is 18.9 Å². The first-order valence-electron chi connectivity index (χ1n) is 8.25. The lowest BCUT2D eigenvalue weighted by Crippen LogP contribution is -2.22. The third-order valence-corrected chi connectivity index (χ3v) is 4.21. The first-order chi connectivity index (χ1) is 12.2. The molecule has 0 saturated carbocycles. The highest BCUT2D eigenvalue weighted by Gasteiger charge is 2.13. The molecule has 0 N–H and O–H groups in total. The summed E-state index contributed by atoms with van der Waals surface area (Å²) in [6.45, 7) is 0. The van der Waals surface area contributed by atoms with E-state index in [-0.39, 0.29) is 6.10 Å². The fourth-order valence-electron chi connectivity index (χ4n) is 2.77. The Labute approximate surface area is 153 Å². The quantitative estimate of drug-likeness (QED) is 0.540. The Morgan fingerprint density at radius 1 is 0.760 bits per heavy atom. The fourth-order valence-corrected chi connectivity index (χ4v) is 2.89. The summed E-state index contributed by atoms with van der Waals surface area (Å²) in [7, 11) is 0. The van der Waals surface area contributed by atoms with Gasteiger partial charge < -0.3 is 4.74 Å². The summed E-state index contributed by atoms with van der Waals surface area (Å²) in [6, 6.07) is 27.6. The van der Waals surface area contributed by atoms with Crippen molar-refractivity contribution in [2.75, 3.05) is 0 Å². The lowest BCUT2D eigenvalue weighted by molar-refractivity contribution is 0.108. The van der Waals surface area contributed by atoms with Crippen LogP contribution in [0.3, 0.4) is 0 Å². The summed E-state index contributed by atoms with van der Waals surface area (Å²) in [6.07, 6.45) is 1.63. The lowest BCUT2D eigenvalue weighted by atomic mass is 10.0. The van der Waals surface area contributed by atoms with Crippen molar-refractivity contribution in [3.05, 3.63) is 102 Å². The second-order valence-corrected chi connectivity index (χ2v) is 6.26. The van der Waals surface area contributed by atoms with E-state index in [0.717, 1.165) is 18.6 Å². The van der Waals surface area contributed by atoms with Crippen molar-refractivity contribution in [3.63, 3.8) is 0 Å². The number of ether oxygens (including phenoxy) is 1. The van der Waals surface area contributed by atoms with E-state index in [1.807, 2.05) is 36.4 Å². The molecule has 0 radical (unpaired) electrons. The van der Waals surface area contributed by atoms with Crippen LogP contribution in [0.5, 0.6) is 5.75 Å². The summed E-state index contributed by atoms with van der Waals surface area (Å²) < 4.78 is 6.20. The highest BCUT2D eigenvalue weighted by atomic mass is 35.5. The zero-order valence-electron chi connectivity index (χ0n) is 13.8. The van der Waals surface area contributed by atoms with Crippen LogP contribution in [0.15, 0.2) is 84.9 Å². The van der Waals surface area contributed by atoms with Gasteiger partial charge in [-0.25, -0.2) is 0 Å². The van der Waals surface area contributed by atoms with E-state index in [4.69, 9.17) is 16.3 Å². The molecule has 0 bridgehead atoms. The molecule has 3 rings (SSSR count). The molecule has 0 fully saturated rings. The van der Waals surface area contributed by atoms with E-state index in [2.05, 4.69) is 24.3 Å². The van der Waals surface area contributed by atoms with Crippen LogP contribution in [-0.2, 0) is 12.8 Å². The standard InChI is InChI=1S/C22H19ClO2/c23-22(24)19-11-13-20(14-12-19)25-21(15-17-7-3-1-4-8-17)16-18-9-5-2-6-10-18/h1-14,21H,15-16H2. The number of halogens is 1. The van der Waals surface area contributed by atoms with Crippen LogP contribution in [0.1, 0.15) is 21.5 Å². The first kappa shape index (κ1) is 17.2. The molecule has 25 heavy (non-hydrogen) atoms. The van der Waals surface area contributed by atoms with Crippen LogP contribution in [0.4, 0.5) is 0 Å². The van der Waals surface area contributed by atoms with Crippen molar-refractivity contribution in [2.24, 2.45) is 0 Å². The van der Waals surface area contributed by atoms with Crippen molar-refractivity contribution in [1.82, 2.24) is 0 Å². The highest BCUT2D eigenvalue weighted by Crippen LogP contribution is 2.19. The van der Waals surface area contributed by atoms with Gasteiger partial charge in [-0.3, -0.25) is 4.79 Å². The molecular formula is C22H19ClO2. The smallest absolute Gasteiger partial charge is 0.252 e. The molecule has 0 aromatic heterocycles. The summed E-state index contributed by atoms with van der Waals surface area (Å²) in [4.78, 5) is 11.2. The van der Waals surface area contributed by atoms with E-state index in [1.165, 1.54) is 11.1 Å². The van der Waals surface area contributed by atoms with Gasteiger partial charge in [0.25, 0.3) is 5.24 Å². The minimum absolute atomic E-state index is 0.00218. The normalized spacial score (nSPS) is 10.6. The maximum absolute atomic E-state index is 11.2. The fraction of sp³-hybridized carbons (Fsp3) is 0.136. The van der Waals surface area contributed by atoms with Gasteiger partial charge in [0, 0.05) is 18.4 Å². The average molecular weight is 351 g/mol. The van der Waals surface area contributed by atoms with Gasteiger partial charge in [0.15, 0.2) is 0 Å². The zero-order valence-corrected chi connectivity index (χ0v) is 14.5. The third kappa shape index (κ3) is 5.20. The Morgan fingerprint density at radius 2 is 1.24 bits per heavy atom. The predicted octanol–water partition coefficient (Wildman–Crippen LogP) is 5.30. The molecule has 0 amide bonds. The summed E-state index contributed by atoms with van der Waals surface area (Å²) >= 11 is 5.50. The molecule has 0 spiro atoms. The van der Waals surface area contributed by atoms with Crippen molar-refractivity contribution >= 4 is 16.8 Å². The Morgan fingerprint density at radius 3 is 1.68 bits per heavy atom. The molecule has 2 nitrogen and oxygen atoms in total. The third-order valence-electron chi connectivity index (χ3n) is 4.00. The molecule has 0 heterocycles.